The van der Waals surface area contributed by atoms with Crippen LogP contribution in [-0.2, 0) is 11.0 Å². The summed E-state index contributed by atoms with van der Waals surface area (Å²) >= 11 is 0. The molecule has 1 aromatic carbocycles. The van der Waals surface area contributed by atoms with Crippen LogP contribution in [-0.4, -0.2) is 29.0 Å². The molecular weight excluding hydrogens is 369 g/mol. The highest BCUT2D eigenvalue weighted by Gasteiger charge is 2.35. The van der Waals surface area contributed by atoms with Crippen LogP contribution in [0.3, 0.4) is 0 Å². The fourth-order valence-corrected chi connectivity index (χ4v) is 3.55. The quantitative estimate of drug-likeness (QED) is 0.852. The molecule has 0 radical (unpaired) electrons. The number of carbonyl (C=O) groups is 1. The van der Waals surface area contributed by atoms with Gasteiger partial charge in [0.1, 0.15) is 5.82 Å². The zero-order chi connectivity index (χ0) is 20.3. The van der Waals surface area contributed by atoms with Gasteiger partial charge in [-0.05, 0) is 42.9 Å². The summed E-state index contributed by atoms with van der Waals surface area (Å²) in [7, 11) is 0. The highest BCUT2D eigenvalue weighted by molar-refractivity contribution is 5.73. The highest BCUT2D eigenvalue weighted by atomic mass is 19.4. The van der Waals surface area contributed by atoms with Crippen LogP contribution in [0.2, 0.25) is 0 Å². The Bertz CT molecular complexity index is 815. The number of anilines is 1. The number of aromatic nitrogens is 2. The Morgan fingerprint density at radius 1 is 1.18 bits per heavy atom. The summed E-state index contributed by atoms with van der Waals surface area (Å²) in [5, 5.41) is 2.86. The maximum Gasteiger partial charge on any atom is 0.451 e. The molecule has 28 heavy (non-hydrogen) atoms. The summed E-state index contributed by atoms with van der Waals surface area (Å²) in [5.41, 5.74) is 2.24. The molecule has 2 aromatic rings. The number of halogens is 3. The molecule has 0 aliphatic carbocycles. The number of hydrogen-bond donors (Lipinski definition) is 1. The summed E-state index contributed by atoms with van der Waals surface area (Å²) < 4.78 is 38.4. The molecule has 0 bridgehead atoms. The Kier molecular flexibility index (Phi) is 5.86. The van der Waals surface area contributed by atoms with Crippen LogP contribution in [0.4, 0.5) is 19.0 Å². The number of rotatable bonds is 4. The first-order valence-electron chi connectivity index (χ1n) is 9.26. The molecular formula is C20H23F3N4O. The van der Waals surface area contributed by atoms with Gasteiger partial charge in [-0.1, -0.05) is 24.3 Å². The summed E-state index contributed by atoms with van der Waals surface area (Å²) in [5.74, 6) is -0.496. The van der Waals surface area contributed by atoms with Crippen molar-refractivity contribution in [3.05, 3.63) is 53.5 Å². The summed E-state index contributed by atoms with van der Waals surface area (Å²) in [4.78, 5) is 20.0. The molecule has 1 fully saturated rings. The van der Waals surface area contributed by atoms with Gasteiger partial charge in [-0.15, -0.1) is 0 Å². The standard InChI is InChI=1S/C20H23F3N4O/c1-13(25-14(2)28)15-3-5-16(6-4-15)17-8-11-27(12-9-17)18-7-10-24-19(26-18)20(21,22)23/h3-7,10,13,17H,8-9,11-12H2,1-2H3,(H,25,28)/t13-/m0/s1. The monoisotopic (exact) mass is 392 g/mol. The van der Waals surface area contributed by atoms with Crippen molar-refractivity contribution in [1.82, 2.24) is 15.3 Å². The normalized spacial score (nSPS) is 16.7. The Labute approximate surface area is 162 Å². The number of piperidine rings is 1. The molecule has 2 heterocycles. The van der Waals surface area contributed by atoms with Crippen molar-refractivity contribution in [1.29, 1.82) is 0 Å². The number of carbonyl (C=O) groups excluding carboxylic acids is 1. The Morgan fingerprint density at radius 2 is 1.82 bits per heavy atom. The minimum Gasteiger partial charge on any atom is -0.356 e. The smallest absolute Gasteiger partial charge is 0.356 e. The van der Waals surface area contributed by atoms with E-state index in [4.69, 9.17) is 0 Å². The number of benzene rings is 1. The fraction of sp³-hybridized carbons (Fsp3) is 0.450. The van der Waals surface area contributed by atoms with Crippen molar-refractivity contribution >= 4 is 11.7 Å². The van der Waals surface area contributed by atoms with Crippen LogP contribution in [0.5, 0.6) is 0 Å². The number of alkyl halides is 3. The lowest BCUT2D eigenvalue weighted by atomic mass is 9.88. The number of nitrogens with one attached hydrogen (secondary N) is 1. The van der Waals surface area contributed by atoms with Crippen molar-refractivity contribution < 1.29 is 18.0 Å². The molecule has 1 amide bonds. The summed E-state index contributed by atoms with van der Waals surface area (Å²) in [6, 6.07) is 9.65. The third kappa shape index (κ3) is 4.79. The van der Waals surface area contributed by atoms with Crippen LogP contribution < -0.4 is 10.2 Å². The second kappa shape index (κ2) is 8.16. The van der Waals surface area contributed by atoms with Gasteiger partial charge in [0.05, 0.1) is 6.04 Å². The van der Waals surface area contributed by atoms with Crippen molar-refractivity contribution in [3.8, 4) is 0 Å². The fourth-order valence-electron chi connectivity index (χ4n) is 3.55. The summed E-state index contributed by atoms with van der Waals surface area (Å²) in [6.45, 7) is 4.71. The van der Waals surface area contributed by atoms with E-state index in [0.29, 0.717) is 24.8 Å². The molecule has 1 saturated heterocycles. The maximum atomic E-state index is 12.8. The largest absolute Gasteiger partial charge is 0.451 e. The molecule has 1 aliphatic heterocycles. The van der Waals surface area contributed by atoms with Crippen LogP contribution in [0, 0.1) is 0 Å². The van der Waals surface area contributed by atoms with E-state index < -0.39 is 12.0 Å². The van der Waals surface area contributed by atoms with Gasteiger partial charge in [-0.3, -0.25) is 4.79 Å². The van der Waals surface area contributed by atoms with E-state index in [2.05, 4.69) is 27.4 Å². The third-order valence-corrected chi connectivity index (χ3v) is 5.04. The molecule has 5 nitrogen and oxygen atoms in total. The Hall–Kier alpha value is -2.64. The predicted molar refractivity (Wildman–Crippen MR) is 99.9 cm³/mol. The second-order valence-electron chi connectivity index (χ2n) is 7.09. The van der Waals surface area contributed by atoms with Crippen LogP contribution in [0.15, 0.2) is 36.5 Å². The van der Waals surface area contributed by atoms with Crippen LogP contribution >= 0.6 is 0 Å². The van der Waals surface area contributed by atoms with E-state index >= 15 is 0 Å². The molecule has 8 heteroatoms. The van der Waals surface area contributed by atoms with Gasteiger partial charge in [0.15, 0.2) is 0 Å². The van der Waals surface area contributed by atoms with E-state index in [1.807, 2.05) is 24.0 Å². The molecule has 3 rings (SSSR count). The maximum absolute atomic E-state index is 12.8. The second-order valence-corrected chi connectivity index (χ2v) is 7.09. The van der Waals surface area contributed by atoms with E-state index in [0.717, 1.165) is 24.6 Å². The Morgan fingerprint density at radius 3 is 2.39 bits per heavy atom. The molecule has 0 unspecified atom stereocenters. The van der Waals surface area contributed by atoms with Gasteiger partial charge in [0.2, 0.25) is 11.7 Å². The van der Waals surface area contributed by atoms with Crippen molar-refractivity contribution in [2.24, 2.45) is 0 Å². The SMILES string of the molecule is CC(=O)N[C@@H](C)c1ccc(C2CCN(c3ccnc(C(F)(F)F)n3)CC2)cc1. The Balaban J connectivity index is 1.62. The molecule has 0 spiro atoms. The summed E-state index contributed by atoms with van der Waals surface area (Å²) in [6.07, 6.45) is -1.70. The highest BCUT2D eigenvalue weighted by Crippen LogP contribution is 2.32. The number of hydrogen-bond acceptors (Lipinski definition) is 4. The predicted octanol–water partition coefficient (Wildman–Crippen LogP) is 4.08. The minimum absolute atomic E-state index is 0.0472. The molecule has 0 saturated carbocycles. The lowest BCUT2D eigenvalue weighted by molar-refractivity contribution is -0.144. The zero-order valence-electron chi connectivity index (χ0n) is 15.8. The minimum atomic E-state index is -4.54. The van der Waals surface area contributed by atoms with Gasteiger partial charge >= 0.3 is 6.18 Å². The lowest BCUT2D eigenvalue weighted by Gasteiger charge is -2.33. The van der Waals surface area contributed by atoms with Crippen molar-refractivity contribution in [2.75, 3.05) is 18.0 Å². The molecule has 1 N–H and O–H groups in total. The molecule has 1 aromatic heterocycles. The van der Waals surface area contributed by atoms with Gasteiger partial charge in [-0.2, -0.15) is 13.2 Å². The zero-order valence-corrected chi connectivity index (χ0v) is 15.8. The van der Waals surface area contributed by atoms with E-state index in [1.165, 1.54) is 18.6 Å². The van der Waals surface area contributed by atoms with Gasteiger partial charge in [0, 0.05) is 26.2 Å². The first kappa shape index (κ1) is 20.1. The number of amides is 1. The average molecular weight is 392 g/mol. The van der Waals surface area contributed by atoms with Crippen molar-refractivity contribution in [2.45, 2.75) is 44.8 Å². The van der Waals surface area contributed by atoms with Crippen molar-refractivity contribution in [3.63, 3.8) is 0 Å². The van der Waals surface area contributed by atoms with E-state index in [1.54, 1.807) is 0 Å². The van der Waals surface area contributed by atoms with E-state index in [-0.39, 0.29) is 11.9 Å². The van der Waals surface area contributed by atoms with Gasteiger partial charge in [0.25, 0.3) is 0 Å². The lowest BCUT2D eigenvalue weighted by Crippen LogP contribution is -2.34. The van der Waals surface area contributed by atoms with E-state index in [9.17, 15) is 18.0 Å². The molecule has 1 atom stereocenters. The first-order chi connectivity index (χ1) is 13.2. The average Bonchev–Trinajstić information content (AvgIpc) is 2.67. The van der Waals surface area contributed by atoms with Crippen LogP contribution in [0.1, 0.15) is 55.6 Å². The van der Waals surface area contributed by atoms with Gasteiger partial charge in [-0.25, -0.2) is 9.97 Å². The molecule has 150 valence electrons. The topological polar surface area (TPSA) is 58.1 Å². The van der Waals surface area contributed by atoms with Gasteiger partial charge < -0.3 is 10.2 Å². The first-order valence-corrected chi connectivity index (χ1v) is 9.26. The number of nitrogens with zero attached hydrogens (tertiary/aromatic N) is 3. The van der Waals surface area contributed by atoms with Crippen LogP contribution in [0.25, 0.3) is 0 Å². The molecule has 1 aliphatic rings. The third-order valence-electron chi connectivity index (χ3n) is 5.04.